The summed E-state index contributed by atoms with van der Waals surface area (Å²) in [7, 11) is 1.61. The van der Waals surface area contributed by atoms with Crippen molar-refractivity contribution in [1.82, 2.24) is 0 Å². The number of benzene rings is 1. The fourth-order valence-corrected chi connectivity index (χ4v) is 2.16. The molecule has 1 aliphatic rings. The SMILES string of the molecule is COc1cccc(CC(=O)C2(N)CCOCC2)c1. The number of ketones is 1. The maximum Gasteiger partial charge on any atom is 0.157 e. The topological polar surface area (TPSA) is 61.5 Å². The summed E-state index contributed by atoms with van der Waals surface area (Å²) in [6.45, 7) is 1.14. The third-order valence-corrected chi connectivity index (χ3v) is 3.44. The van der Waals surface area contributed by atoms with E-state index in [0.717, 1.165) is 11.3 Å². The minimum atomic E-state index is -0.721. The Morgan fingerprint density at radius 1 is 1.44 bits per heavy atom. The number of Topliss-reactive ketones (excluding diaryl/α,β-unsaturated/α-hetero) is 1. The molecule has 0 aliphatic carbocycles. The number of methoxy groups -OCH3 is 1. The third-order valence-electron chi connectivity index (χ3n) is 3.44. The van der Waals surface area contributed by atoms with Gasteiger partial charge in [0.15, 0.2) is 5.78 Å². The van der Waals surface area contributed by atoms with E-state index in [1.165, 1.54) is 0 Å². The Balaban J connectivity index is 2.05. The highest BCUT2D eigenvalue weighted by molar-refractivity contribution is 5.90. The molecule has 0 amide bonds. The van der Waals surface area contributed by atoms with Crippen LogP contribution in [0.5, 0.6) is 5.75 Å². The van der Waals surface area contributed by atoms with E-state index in [1.54, 1.807) is 7.11 Å². The fourth-order valence-electron chi connectivity index (χ4n) is 2.16. The lowest BCUT2D eigenvalue weighted by Gasteiger charge is -2.31. The number of ether oxygens (including phenoxy) is 2. The lowest BCUT2D eigenvalue weighted by Crippen LogP contribution is -2.52. The summed E-state index contributed by atoms with van der Waals surface area (Å²) in [6, 6.07) is 7.54. The Bertz CT molecular complexity index is 425. The number of nitrogens with two attached hydrogens (primary N) is 1. The predicted octanol–water partition coefficient (Wildman–Crippen LogP) is 1.31. The van der Waals surface area contributed by atoms with Gasteiger partial charge in [-0.05, 0) is 30.5 Å². The standard InChI is InChI=1S/C14H19NO3/c1-17-12-4-2-3-11(9-12)10-13(16)14(15)5-7-18-8-6-14/h2-4,9H,5-8,10,15H2,1H3. The highest BCUT2D eigenvalue weighted by atomic mass is 16.5. The van der Waals surface area contributed by atoms with Crippen LogP contribution < -0.4 is 10.5 Å². The van der Waals surface area contributed by atoms with E-state index < -0.39 is 5.54 Å². The third kappa shape index (κ3) is 2.89. The lowest BCUT2D eigenvalue weighted by atomic mass is 9.84. The van der Waals surface area contributed by atoms with E-state index in [0.29, 0.717) is 32.5 Å². The molecule has 0 bridgehead atoms. The van der Waals surface area contributed by atoms with Crippen molar-refractivity contribution >= 4 is 5.78 Å². The zero-order valence-corrected chi connectivity index (χ0v) is 10.6. The summed E-state index contributed by atoms with van der Waals surface area (Å²) >= 11 is 0. The van der Waals surface area contributed by atoms with Gasteiger partial charge in [-0.2, -0.15) is 0 Å². The monoisotopic (exact) mass is 249 g/mol. The smallest absolute Gasteiger partial charge is 0.157 e. The molecule has 18 heavy (non-hydrogen) atoms. The van der Waals surface area contributed by atoms with Gasteiger partial charge in [-0.25, -0.2) is 0 Å². The van der Waals surface area contributed by atoms with Crippen LogP contribution in [0.1, 0.15) is 18.4 Å². The second kappa shape index (κ2) is 5.50. The summed E-state index contributed by atoms with van der Waals surface area (Å²) in [4.78, 5) is 12.3. The maximum absolute atomic E-state index is 12.3. The van der Waals surface area contributed by atoms with E-state index in [-0.39, 0.29) is 5.78 Å². The summed E-state index contributed by atoms with van der Waals surface area (Å²) in [5.41, 5.74) is 6.38. The Kier molecular flexibility index (Phi) is 3.99. The first kappa shape index (κ1) is 13.1. The maximum atomic E-state index is 12.3. The van der Waals surface area contributed by atoms with Gasteiger partial charge in [0.1, 0.15) is 5.75 Å². The number of carbonyl (C=O) groups is 1. The molecule has 1 aliphatic heterocycles. The van der Waals surface area contributed by atoms with Crippen LogP contribution in [-0.4, -0.2) is 31.6 Å². The fraction of sp³-hybridized carbons (Fsp3) is 0.500. The molecule has 1 heterocycles. The van der Waals surface area contributed by atoms with Gasteiger partial charge in [0.25, 0.3) is 0 Å². The Morgan fingerprint density at radius 3 is 2.83 bits per heavy atom. The van der Waals surface area contributed by atoms with Crippen LogP contribution >= 0.6 is 0 Å². The van der Waals surface area contributed by atoms with Gasteiger partial charge in [0.2, 0.25) is 0 Å². The molecular weight excluding hydrogens is 230 g/mol. The van der Waals surface area contributed by atoms with Gasteiger partial charge >= 0.3 is 0 Å². The average Bonchev–Trinajstić information content (AvgIpc) is 2.40. The molecule has 0 saturated carbocycles. The van der Waals surface area contributed by atoms with Crippen LogP contribution in [0.25, 0.3) is 0 Å². The number of hydrogen-bond acceptors (Lipinski definition) is 4. The molecule has 1 fully saturated rings. The van der Waals surface area contributed by atoms with Crippen LogP contribution in [0, 0.1) is 0 Å². The molecule has 0 atom stereocenters. The van der Waals surface area contributed by atoms with Crippen molar-refractivity contribution in [3.8, 4) is 5.75 Å². The molecule has 4 heteroatoms. The molecule has 2 N–H and O–H groups in total. The molecule has 0 radical (unpaired) electrons. The van der Waals surface area contributed by atoms with Gasteiger partial charge in [-0.15, -0.1) is 0 Å². The minimum Gasteiger partial charge on any atom is -0.497 e. The van der Waals surface area contributed by atoms with Crippen LogP contribution in [0.4, 0.5) is 0 Å². The largest absolute Gasteiger partial charge is 0.497 e. The average molecular weight is 249 g/mol. The van der Waals surface area contributed by atoms with Crippen molar-refractivity contribution < 1.29 is 14.3 Å². The van der Waals surface area contributed by atoms with E-state index >= 15 is 0 Å². The van der Waals surface area contributed by atoms with Crippen LogP contribution in [0.2, 0.25) is 0 Å². The molecule has 1 saturated heterocycles. The van der Waals surface area contributed by atoms with E-state index in [4.69, 9.17) is 15.2 Å². The first-order valence-corrected chi connectivity index (χ1v) is 6.17. The first-order valence-electron chi connectivity index (χ1n) is 6.17. The van der Waals surface area contributed by atoms with Crippen LogP contribution in [0.3, 0.4) is 0 Å². The first-order chi connectivity index (χ1) is 8.64. The van der Waals surface area contributed by atoms with E-state index in [9.17, 15) is 4.79 Å². The van der Waals surface area contributed by atoms with Crippen LogP contribution in [0.15, 0.2) is 24.3 Å². The summed E-state index contributed by atoms with van der Waals surface area (Å²) in [5, 5.41) is 0. The zero-order chi connectivity index (χ0) is 13.0. The lowest BCUT2D eigenvalue weighted by molar-refractivity contribution is -0.126. The summed E-state index contributed by atoms with van der Waals surface area (Å²) in [6.07, 6.45) is 1.57. The van der Waals surface area contributed by atoms with Gasteiger partial charge in [0, 0.05) is 19.6 Å². The number of hydrogen-bond donors (Lipinski definition) is 1. The highest BCUT2D eigenvalue weighted by Crippen LogP contribution is 2.22. The van der Waals surface area contributed by atoms with Crippen molar-refractivity contribution in [1.29, 1.82) is 0 Å². The van der Waals surface area contributed by atoms with E-state index in [2.05, 4.69) is 0 Å². The van der Waals surface area contributed by atoms with Gasteiger partial charge < -0.3 is 15.2 Å². The summed E-state index contributed by atoms with van der Waals surface area (Å²) in [5.74, 6) is 0.845. The molecule has 1 aromatic rings. The molecule has 98 valence electrons. The van der Waals surface area contributed by atoms with Crippen molar-refractivity contribution in [3.05, 3.63) is 29.8 Å². The van der Waals surface area contributed by atoms with Gasteiger partial charge in [-0.1, -0.05) is 12.1 Å². The predicted molar refractivity (Wildman–Crippen MR) is 68.7 cm³/mol. The molecule has 0 spiro atoms. The molecule has 0 unspecified atom stereocenters. The van der Waals surface area contributed by atoms with E-state index in [1.807, 2.05) is 24.3 Å². The number of carbonyl (C=O) groups excluding carboxylic acids is 1. The second-order valence-corrected chi connectivity index (χ2v) is 4.72. The number of rotatable bonds is 4. The van der Waals surface area contributed by atoms with Gasteiger partial charge in [0.05, 0.1) is 12.6 Å². The Hall–Kier alpha value is -1.39. The molecule has 0 aromatic heterocycles. The van der Waals surface area contributed by atoms with Crippen molar-refractivity contribution in [2.24, 2.45) is 5.73 Å². The Labute approximate surface area is 107 Å². The molecule has 1 aromatic carbocycles. The Morgan fingerprint density at radius 2 is 2.17 bits per heavy atom. The minimum absolute atomic E-state index is 0.0825. The normalized spacial score (nSPS) is 18.3. The second-order valence-electron chi connectivity index (χ2n) is 4.72. The molecule has 2 rings (SSSR count). The van der Waals surface area contributed by atoms with Gasteiger partial charge in [-0.3, -0.25) is 4.79 Å². The van der Waals surface area contributed by atoms with Crippen molar-refractivity contribution in [2.75, 3.05) is 20.3 Å². The van der Waals surface area contributed by atoms with Crippen molar-refractivity contribution in [2.45, 2.75) is 24.8 Å². The highest BCUT2D eigenvalue weighted by Gasteiger charge is 2.35. The quantitative estimate of drug-likeness (QED) is 0.874. The molecular formula is C14H19NO3. The van der Waals surface area contributed by atoms with Crippen LogP contribution in [-0.2, 0) is 16.0 Å². The zero-order valence-electron chi connectivity index (χ0n) is 10.6. The molecule has 4 nitrogen and oxygen atoms in total. The summed E-state index contributed by atoms with van der Waals surface area (Å²) < 4.78 is 10.4. The van der Waals surface area contributed by atoms with Crippen molar-refractivity contribution in [3.63, 3.8) is 0 Å².